The highest BCUT2D eigenvalue weighted by Gasteiger charge is 2.19. The third-order valence-corrected chi connectivity index (χ3v) is 3.84. The van der Waals surface area contributed by atoms with Crippen LogP contribution in [0.25, 0.3) is 11.3 Å². The van der Waals surface area contributed by atoms with Gasteiger partial charge in [-0.05, 0) is 43.1 Å². The molecule has 1 amide bonds. The lowest BCUT2D eigenvalue weighted by atomic mass is 10.1. The van der Waals surface area contributed by atoms with Crippen LogP contribution in [-0.2, 0) is 4.79 Å². The SMILES string of the molecule is O=C(Nc1ccc(-c2ccn[nH]2)cc1)C1CCCCCN1. The van der Waals surface area contributed by atoms with Crippen LogP contribution in [0.4, 0.5) is 5.69 Å². The minimum Gasteiger partial charge on any atom is -0.325 e. The summed E-state index contributed by atoms with van der Waals surface area (Å²) in [6.07, 6.45) is 6.11. The molecule has 1 fully saturated rings. The number of aromatic amines is 1. The van der Waals surface area contributed by atoms with Crippen molar-refractivity contribution < 1.29 is 4.79 Å². The molecule has 5 heteroatoms. The first-order valence-corrected chi connectivity index (χ1v) is 7.47. The van der Waals surface area contributed by atoms with Gasteiger partial charge in [0.2, 0.25) is 5.91 Å². The van der Waals surface area contributed by atoms with Gasteiger partial charge in [0.05, 0.1) is 11.7 Å². The predicted molar refractivity (Wildman–Crippen MR) is 82.9 cm³/mol. The lowest BCUT2D eigenvalue weighted by Gasteiger charge is -2.15. The number of anilines is 1. The monoisotopic (exact) mass is 284 g/mol. The van der Waals surface area contributed by atoms with Gasteiger partial charge in [0.1, 0.15) is 0 Å². The number of amides is 1. The molecule has 110 valence electrons. The maximum atomic E-state index is 12.2. The summed E-state index contributed by atoms with van der Waals surface area (Å²) in [5.74, 6) is 0.0613. The molecule has 3 rings (SSSR count). The Kier molecular flexibility index (Phi) is 4.31. The standard InChI is InChI=1S/C16H20N4O/c21-16(15-4-2-1-3-10-17-15)19-13-7-5-12(6-8-13)14-9-11-18-20-14/h5-9,11,15,17H,1-4,10H2,(H,18,20)(H,19,21). The summed E-state index contributed by atoms with van der Waals surface area (Å²) in [5.41, 5.74) is 2.85. The topological polar surface area (TPSA) is 69.8 Å². The third-order valence-electron chi connectivity index (χ3n) is 3.84. The number of hydrogen-bond acceptors (Lipinski definition) is 3. The molecule has 1 aromatic heterocycles. The number of nitrogens with one attached hydrogen (secondary N) is 3. The Morgan fingerprint density at radius 1 is 1.14 bits per heavy atom. The van der Waals surface area contributed by atoms with Gasteiger partial charge in [0.25, 0.3) is 0 Å². The van der Waals surface area contributed by atoms with E-state index in [9.17, 15) is 4.79 Å². The smallest absolute Gasteiger partial charge is 0.241 e. The van der Waals surface area contributed by atoms with Crippen LogP contribution in [0, 0.1) is 0 Å². The summed E-state index contributed by atoms with van der Waals surface area (Å²) in [6.45, 7) is 0.927. The Hall–Kier alpha value is -2.14. The van der Waals surface area contributed by atoms with E-state index in [0.717, 1.165) is 42.8 Å². The molecule has 1 aromatic carbocycles. The molecule has 1 aliphatic heterocycles. The summed E-state index contributed by atoms with van der Waals surface area (Å²) >= 11 is 0. The van der Waals surface area contributed by atoms with Crippen LogP contribution < -0.4 is 10.6 Å². The second-order valence-corrected chi connectivity index (χ2v) is 5.39. The molecule has 1 saturated heterocycles. The van der Waals surface area contributed by atoms with Crippen molar-refractivity contribution in [1.29, 1.82) is 0 Å². The Balaban J connectivity index is 1.63. The number of carbonyl (C=O) groups is 1. The molecule has 1 atom stereocenters. The zero-order valence-electron chi connectivity index (χ0n) is 11.9. The molecule has 21 heavy (non-hydrogen) atoms. The van der Waals surface area contributed by atoms with E-state index < -0.39 is 0 Å². The third kappa shape index (κ3) is 3.49. The average Bonchev–Trinajstić information content (AvgIpc) is 2.90. The van der Waals surface area contributed by atoms with E-state index in [1.54, 1.807) is 6.20 Å². The molecular formula is C16H20N4O. The van der Waals surface area contributed by atoms with E-state index >= 15 is 0 Å². The van der Waals surface area contributed by atoms with E-state index in [4.69, 9.17) is 0 Å². The van der Waals surface area contributed by atoms with Gasteiger partial charge in [0, 0.05) is 11.9 Å². The van der Waals surface area contributed by atoms with Crippen LogP contribution in [0.3, 0.4) is 0 Å². The first-order chi connectivity index (χ1) is 10.3. The molecule has 0 saturated carbocycles. The number of aromatic nitrogens is 2. The number of hydrogen-bond donors (Lipinski definition) is 3. The van der Waals surface area contributed by atoms with Crippen molar-refractivity contribution in [2.75, 3.05) is 11.9 Å². The van der Waals surface area contributed by atoms with Gasteiger partial charge in [-0.15, -0.1) is 0 Å². The maximum absolute atomic E-state index is 12.2. The summed E-state index contributed by atoms with van der Waals surface area (Å²) in [7, 11) is 0. The second kappa shape index (κ2) is 6.54. The van der Waals surface area contributed by atoms with Crippen LogP contribution in [0.5, 0.6) is 0 Å². The molecule has 2 aromatic rings. The van der Waals surface area contributed by atoms with Crippen LogP contribution in [-0.4, -0.2) is 28.7 Å². The predicted octanol–water partition coefficient (Wildman–Crippen LogP) is 2.55. The van der Waals surface area contributed by atoms with Gasteiger partial charge in [-0.2, -0.15) is 5.10 Å². The van der Waals surface area contributed by atoms with E-state index in [-0.39, 0.29) is 11.9 Å². The van der Waals surface area contributed by atoms with Gasteiger partial charge >= 0.3 is 0 Å². The average molecular weight is 284 g/mol. The second-order valence-electron chi connectivity index (χ2n) is 5.39. The molecule has 0 aliphatic carbocycles. The molecular weight excluding hydrogens is 264 g/mol. The van der Waals surface area contributed by atoms with Crippen molar-refractivity contribution in [2.24, 2.45) is 0 Å². The molecule has 1 unspecified atom stereocenters. The Labute approximate surface area is 124 Å². The van der Waals surface area contributed by atoms with E-state index in [0.29, 0.717) is 0 Å². The highest BCUT2D eigenvalue weighted by atomic mass is 16.2. The molecule has 2 heterocycles. The van der Waals surface area contributed by atoms with Crippen LogP contribution in [0.2, 0.25) is 0 Å². The minimum atomic E-state index is -0.0696. The van der Waals surface area contributed by atoms with Gasteiger partial charge in [-0.1, -0.05) is 25.0 Å². The summed E-state index contributed by atoms with van der Waals surface area (Å²) < 4.78 is 0. The summed E-state index contributed by atoms with van der Waals surface area (Å²) in [4.78, 5) is 12.2. The van der Waals surface area contributed by atoms with E-state index in [1.807, 2.05) is 30.3 Å². The van der Waals surface area contributed by atoms with E-state index in [2.05, 4.69) is 20.8 Å². The largest absolute Gasteiger partial charge is 0.325 e. The summed E-state index contributed by atoms with van der Waals surface area (Å²) in [6, 6.07) is 9.64. The number of nitrogens with zero attached hydrogens (tertiary/aromatic N) is 1. The first-order valence-electron chi connectivity index (χ1n) is 7.47. The fourth-order valence-electron chi connectivity index (χ4n) is 2.63. The van der Waals surface area contributed by atoms with Crippen molar-refractivity contribution in [2.45, 2.75) is 31.7 Å². The Morgan fingerprint density at radius 2 is 2.00 bits per heavy atom. The van der Waals surface area contributed by atoms with Gasteiger partial charge < -0.3 is 10.6 Å². The highest BCUT2D eigenvalue weighted by Crippen LogP contribution is 2.19. The van der Waals surface area contributed by atoms with E-state index in [1.165, 1.54) is 6.42 Å². The lowest BCUT2D eigenvalue weighted by molar-refractivity contribution is -0.118. The molecule has 0 bridgehead atoms. The van der Waals surface area contributed by atoms with Crippen molar-refractivity contribution in [3.8, 4) is 11.3 Å². The fraction of sp³-hybridized carbons (Fsp3) is 0.375. The van der Waals surface area contributed by atoms with Gasteiger partial charge in [-0.25, -0.2) is 0 Å². The Morgan fingerprint density at radius 3 is 2.76 bits per heavy atom. The number of rotatable bonds is 3. The fourth-order valence-corrected chi connectivity index (χ4v) is 2.63. The molecule has 0 spiro atoms. The van der Waals surface area contributed by atoms with Crippen molar-refractivity contribution in [1.82, 2.24) is 15.5 Å². The van der Waals surface area contributed by atoms with Crippen LogP contribution in [0.15, 0.2) is 36.5 Å². The number of H-pyrrole nitrogens is 1. The van der Waals surface area contributed by atoms with Crippen LogP contribution in [0.1, 0.15) is 25.7 Å². The lowest BCUT2D eigenvalue weighted by Crippen LogP contribution is -2.39. The zero-order chi connectivity index (χ0) is 14.5. The summed E-state index contributed by atoms with van der Waals surface area (Å²) in [5, 5.41) is 13.2. The quantitative estimate of drug-likeness (QED) is 0.811. The molecule has 5 nitrogen and oxygen atoms in total. The molecule has 1 aliphatic rings. The van der Waals surface area contributed by atoms with Crippen molar-refractivity contribution >= 4 is 11.6 Å². The Bertz CT molecular complexity index is 569. The number of benzene rings is 1. The van der Waals surface area contributed by atoms with Gasteiger partial charge in [-0.3, -0.25) is 9.89 Å². The van der Waals surface area contributed by atoms with Crippen molar-refractivity contribution in [3.63, 3.8) is 0 Å². The zero-order valence-corrected chi connectivity index (χ0v) is 11.9. The highest BCUT2D eigenvalue weighted by molar-refractivity contribution is 5.95. The normalized spacial score (nSPS) is 19.0. The van der Waals surface area contributed by atoms with Gasteiger partial charge in [0.15, 0.2) is 0 Å². The maximum Gasteiger partial charge on any atom is 0.241 e. The molecule has 3 N–H and O–H groups in total. The molecule has 0 radical (unpaired) electrons. The van der Waals surface area contributed by atoms with Crippen molar-refractivity contribution in [3.05, 3.63) is 36.5 Å². The first kappa shape index (κ1) is 13.8. The number of carbonyl (C=O) groups excluding carboxylic acids is 1. The van der Waals surface area contributed by atoms with Crippen LogP contribution >= 0.6 is 0 Å². The minimum absolute atomic E-state index is 0.0613.